The number of rotatable bonds is 7. The Morgan fingerprint density at radius 3 is 2.47 bits per heavy atom. The van der Waals surface area contributed by atoms with Crippen LogP contribution in [0.4, 0.5) is 5.69 Å². The van der Waals surface area contributed by atoms with Gasteiger partial charge in [0.05, 0.1) is 24.5 Å². The zero-order chi connectivity index (χ0) is 23.7. The van der Waals surface area contributed by atoms with Crippen LogP contribution in [0.15, 0.2) is 66.0 Å². The third-order valence-electron chi connectivity index (χ3n) is 5.68. The van der Waals surface area contributed by atoms with Crippen LogP contribution in [0.1, 0.15) is 51.2 Å². The van der Waals surface area contributed by atoms with Crippen LogP contribution in [0.5, 0.6) is 5.75 Å². The second kappa shape index (κ2) is 9.15. The van der Waals surface area contributed by atoms with Crippen molar-refractivity contribution in [2.24, 2.45) is 0 Å². The molecule has 0 saturated heterocycles. The summed E-state index contributed by atoms with van der Waals surface area (Å²) in [5, 5.41) is 9.48. The summed E-state index contributed by atoms with van der Waals surface area (Å²) < 4.78 is 10.6. The number of carbonyl (C=O) groups is 2. The number of carbonyl (C=O) groups excluding carboxylic acids is 2. The van der Waals surface area contributed by atoms with Crippen LogP contribution in [0.3, 0.4) is 0 Å². The zero-order valence-corrected chi connectivity index (χ0v) is 19.6. The van der Waals surface area contributed by atoms with Gasteiger partial charge in [-0.25, -0.2) is 4.79 Å². The highest BCUT2D eigenvalue weighted by Gasteiger charge is 2.43. The van der Waals surface area contributed by atoms with Gasteiger partial charge in [-0.05, 0) is 73.8 Å². The van der Waals surface area contributed by atoms with Crippen molar-refractivity contribution in [3.8, 4) is 17.0 Å². The standard InChI is InChI=1S/C26H23N3O4S/c1-3-32-19-13-9-16(10-14-19)22-21-23(28-27-22)25(30)29(24(21)20-6-5-15-34-20)18-11-7-17(8-12-18)26(31)33-4-2/h5-15,24H,3-4H2,1-2H3,(H,27,28)/t24-/m0/s1. The number of H-pyrrole nitrogens is 1. The van der Waals surface area contributed by atoms with E-state index in [4.69, 9.17) is 9.47 Å². The van der Waals surface area contributed by atoms with E-state index in [2.05, 4.69) is 10.2 Å². The van der Waals surface area contributed by atoms with E-state index in [1.165, 1.54) is 0 Å². The number of esters is 1. The molecule has 8 heteroatoms. The van der Waals surface area contributed by atoms with E-state index in [1.54, 1.807) is 47.4 Å². The lowest BCUT2D eigenvalue weighted by Gasteiger charge is -2.25. The Morgan fingerprint density at radius 1 is 1.06 bits per heavy atom. The molecule has 7 nitrogen and oxygen atoms in total. The average Bonchev–Trinajstić information content (AvgIpc) is 3.58. The molecule has 1 N–H and O–H groups in total. The first-order valence-corrected chi connectivity index (χ1v) is 12.0. The summed E-state index contributed by atoms with van der Waals surface area (Å²) in [6, 6.07) is 18.3. The van der Waals surface area contributed by atoms with E-state index in [1.807, 2.05) is 48.7 Å². The van der Waals surface area contributed by atoms with Crippen LogP contribution in [0.2, 0.25) is 0 Å². The number of nitrogens with one attached hydrogen (secondary N) is 1. The molecule has 1 amide bonds. The predicted molar refractivity (Wildman–Crippen MR) is 131 cm³/mol. The monoisotopic (exact) mass is 473 g/mol. The van der Waals surface area contributed by atoms with E-state index in [0.717, 1.165) is 27.4 Å². The largest absolute Gasteiger partial charge is 0.494 e. The van der Waals surface area contributed by atoms with Gasteiger partial charge in [0.2, 0.25) is 0 Å². The van der Waals surface area contributed by atoms with Gasteiger partial charge in [-0.15, -0.1) is 11.3 Å². The molecule has 172 valence electrons. The lowest BCUT2D eigenvalue weighted by molar-refractivity contribution is 0.0526. The van der Waals surface area contributed by atoms with E-state index in [0.29, 0.717) is 30.2 Å². The molecule has 2 aromatic heterocycles. The second-order valence-corrected chi connectivity index (χ2v) is 8.66. The number of nitrogens with zero attached hydrogens (tertiary/aromatic N) is 2. The van der Waals surface area contributed by atoms with Crippen molar-refractivity contribution in [3.63, 3.8) is 0 Å². The molecule has 0 saturated carbocycles. The summed E-state index contributed by atoms with van der Waals surface area (Å²) in [7, 11) is 0. The number of fused-ring (bicyclic) bond motifs is 1. The van der Waals surface area contributed by atoms with Crippen LogP contribution in [0.25, 0.3) is 11.3 Å². The molecule has 0 spiro atoms. The summed E-state index contributed by atoms with van der Waals surface area (Å²) in [5.41, 5.74) is 4.08. The van der Waals surface area contributed by atoms with Gasteiger partial charge in [-0.1, -0.05) is 6.07 Å². The Kier molecular flexibility index (Phi) is 5.90. The fourth-order valence-corrected chi connectivity index (χ4v) is 5.02. The minimum atomic E-state index is -0.385. The van der Waals surface area contributed by atoms with Crippen LogP contribution in [-0.4, -0.2) is 35.3 Å². The van der Waals surface area contributed by atoms with Gasteiger partial charge in [0, 0.05) is 21.7 Å². The Bertz CT molecular complexity index is 1310. The maximum atomic E-state index is 13.6. The number of hydrogen-bond donors (Lipinski definition) is 1. The molecule has 5 rings (SSSR count). The van der Waals surface area contributed by atoms with Crippen molar-refractivity contribution in [2.45, 2.75) is 19.9 Å². The van der Waals surface area contributed by atoms with Crippen LogP contribution in [0, 0.1) is 0 Å². The van der Waals surface area contributed by atoms with Crippen molar-refractivity contribution < 1.29 is 19.1 Å². The Balaban J connectivity index is 1.56. The number of benzene rings is 2. The molecular weight excluding hydrogens is 450 g/mol. The first kappa shape index (κ1) is 21.9. The van der Waals surface area contributed by atoms with Gasteiger partial charge in [0.1, 0.15) is 17.5 Å². The smallest absolute Gasteiger partial charge is 0.338 e. The summed E-state index contributed by atoms with van der Waals surface area (Å²) in [6.07, 6.45) is 0. The van der Waals surface area contributed by atoms with Gasteiger partial charge in [0.15, 0.2) is 0 Å². The number of aromatic nitrogens is 2. The molecule has 1 aliphatic heterocycles. The molecule has 4 aromatic rings. The van der Waals surface area contributed by atoms with Crippen molar-refractivity contribution in [3.05, 3.63) is 87.7 Å². The molecule has 1 aliphatic rings. The fourth-order valence-electron chi connectivity index (χ4n) is 4.20. The molecule has 0 fully saturated rings. The van der Waals surface area contributed by atoms with Gasteiger partial charge in [0.25, 0.3) is 5.91 Å². The first-order chi connectivity index (χ1) is 16.6. The third-order valence-corrected chi connectivity index (χ3v) is 6.60. The van der Waals surface area contributed by atoms with Crippen LogP contribution < -0.4 is 9.64 Å². The maximum absolute atomic E-state index is 13.6. The van der Waals surface area contributed by atoms with Gasteiger partial charge in [-0.2, -0.15) is 5.10 Å². The van der Waals surface area contributed by atoms with Gasteiger partial charge >= 0.3 is 5.97 Å². The normalized spacial score (nSPS) is 14.8. The molecule has 0 aliphatic carbocycles. The lowest BCUT2D eigenvalue weighted by atomic mass is 10.0. The molecular formula is C26H23N3O4S. The number of hydrogen-bond acceptors (Lipinski definition) is 6. The summed E-state index contributed by atoms with van der Waals surface area (Å²) >= 11 is 1.59. The number of thiophene rings is 1. The van der Waals surface area contributed by atoms with E-state index in [-0.39, 0.29) is 17.9 Å². The highest BCUT2D eigenvalue weighted by atomic mass is 32.1. The van der Waals surface area contributed by atoms with Crippen molar-refractivity contribution >= 4 is 28.9 Å². The highest BCUT2D eigenvalue weighted by Crippen LogP contribution is 2.46. The van der Waals surface area contributed by atoms with Crippen molar-refractivity contribution in [1.82, 2.24) is 10.2 Å². The molecule has 3 heterocycles. The first-order valence-electron chi connectivity index (χ1n) is 11.1. The maximum Gasteiger partial charge on any atom is 0.338 e. The van der Waals surface area contributed by atoms with Crippen molar-refractivity contribution in [2.75, 3.05) is 18.1 Å². The minimum absolute atomic E-state index is 0.165. The van der Waals surface area contributed by atoms with Crippen molar-refractivity contribution in [1.29, 1.82) is 0 Å². The Labute approximate surface area is 200 Å². The Morgan fingerprint density at radius 2 is 1.82 bits per heavy atom. The zero-order valence-electron chi connectivity index (χ0n) is 18.8. The Hall–Kier alpha value is -3.91. The molecule has 0 bridgehead atoms. The number of amides is 1. The van der Waals surface area contributed by atoms with E-state index < -0.39 is 0 Å². The predicted octanol–water partition coefficient (Wildman–Crippen LogP) is 5.46. The molecule has 0 unspecified atom stereocenters. The number of anilines is 1. The third kappa shape index (κ3) is 3.76. The summed E-state index contributed by atoms with van der Waals surface area (Å²) in [6.45, 7) is 4.61. The molecule has 0 radical (unpaired) electrons. The van der Waals surface area contributed by atoms with Gasteiger partial charge in [-0.3, -0.25) is 14.8 Å². The number of aromatic amines is 1. The molecule has 2 aromatic carbocycles. The average molecular weight is 474 g/mol. The van der Waals surface area contributed by atoms with Crippen LogP contribution >= 0.6 is 11.3 Å². The van der Waals surface area contributed by atoms with E-state index >= 15 is 0 Å². The van der Waals surface area contributed by atoms with E-state index in [9.17, 15) is 9.59 Å². The summed E-state index contributed by atoms with van der Waals surface area (Å²) in [4.78, 5) is 28.4. The SMILES string of the molecule is CCOC(=O)c1ccc(N2C(=O)c3[nH]nc(-c4ccc(OCC)cc4)c3[C@@H]2c2cccs2)cc1. The van der Waals surface area contributed by atoms with Gasteiger partial charge < -0.3 is 9.47 Å². The quantitative estimate of drug-likeness (QED) is 0.360. The second-order valence-electron chi connectivity index (χ2n) is 7.68. The van der Waals surface area contributed by atoms with Crippen LogP contribution in [-0.2, 0) is 4.74 Å². The minimum Gasteiger partial charge on any atom is -0.494 e. The summed E-state index contributed by atoms with van der Waals surface area (Å²) in [5.74, 6) is 0.235. The fraction of sp³-hybridized carbons (Fsp3) is 0.192. The topological polar surface area (TPSA) is 84.5 Å². The lowest BCUT2D eigenvalue weighted by Crippen LogP contribution is -2.28. The molecule has 1 atom stereocenters. The highest BCUT2D eigenvalue weighted by molar-refractivity contribution is 7.10. The number of ether oxygens (including phenoxy) is 2. The molecule has 34 heavy (non-hydrogen) atoms.